The van der Waals surface area contributed by atoms with Gasteiger partial charge in [0.15, 0.2) is 11.6 Å². The van der Waals surface area contributed by atoms with E-state index in [4.69, 9.17) is 5.73 Å². The molecule has 1 unspecified atom stereocenters. The smallest absolute Gasteiger partial charge is 0.182 e. The van der Waals surface area contributed by atoms with E-state index in [-0.39, 0.29) is 18.2 Å². The molecule has 0 bridgehead atoms. The molecule has 1 aliphatic rings. The summed E-state index contributed by atoms with van der Waals surface area (Å²) in [5.74, 6) is -1.64. The van der Waals surface area contributed by atoms with Crippen LogP contribution in [-0.2, 0) is 6.54 Å². The number of aromatic nitrogens is 1. The topological polar surface area (TPSA) is 42.1 Å². The van der Waals surface area contributed by atoms with Crippen LogP contribution in [0.3, 0.4) is 0 Å². The van der Waals surface area contributed by atoms with E-state index < -0.39 is 11.6 Å². The summed E-state index contributed by atoms with van der Waals surface area (Å²) in [7, 11) is 0. The van der Waals surface area contributed by atoms with Crippen molar-refractivity contribution in [3.05, 3.63) is 59.4 Å². The molecule has 3 nitrogen and oxygen atoms in total. The van der Waals surface area contributed by atoms with Crippen molar-refractivity contribution in [3.8, 4) is 0 Å². The highest BCUT2D eigenvalue weighted by atomic mass is 19.2. The molecule has 1 aliphatic heterocycles. The molecule has 1 atom stereocenters. The van der Waals surface area contributed by atoms with Gasteiger partial charge < -0.3 is 10.6 Å². The molecule has 1 saturated heterocycles. The average Bonchev–Trinajstić information content (AvgIpc) is 3.00. The summed E-state index contributed by atoms with van der Waals surface area (Å²) in [6, 6.07) is 7.10. The van der Waals surface area contributed by atoms with Crippen LogP contribution >= 0.6 is 0 Å². The lowest BCUT2D eigenvalue weighted by Gasteiger charge is -2.28. The van der Waals surface area contributed by atoms with Crippen molar-refractivity contribution in [2.75, 3.05) is 11.4 Å². The van der Waals surface area contributed by atoms with Crippen molar-refractivity contribution in [1.82, 2.24) is 4.98 Å². The van der Waals surface area contributed by atoms with Gasteiger partial charge in [-0.15, -0.1) is 0 Å². The van der Waals surface area contributed by atoms with Crippen molar-refractivity contribution in [3.63, 3.8) is 0 Å². The Bertz CT molecular complexity index is 631. The van der Waals surface area contributed by atoms with E-state index in [1.54, 1.807) is 24.5 Å². The molecule has 3 rings (SSSR count). The van der Waals surface area contributed by atoms with Crippen molar-refractivity contribution in [1.29, 1.82) is 0 Å². The molecule has 0 saturated carbocycles. The summed E-state index contributed by atoms with van der Waals surface area (Å²) in [6.45, 7) is 0.710. The van der Waals surface area contributed by atoms with Gasteiger partial charge in [-0.1, -0.05) is 6.07 Å². The molecule has 1 aromatic heterocycles. The highest BCUT2D eigenvalue weighted by molar-refractivity contribution is 5.53. The van der Waals surface area contributed by atoms with E-state index in [1.165, 1.54) is 0 Å². The van der Waals surface area contributed by atoms with Gasteiger partial charge in [0.05, 0.1) is 11.7 Å². The van der Waals surface area contributed by atoms with Gasteiger partial charge in [0, 0.05) is 31.0 Å². The fourth-order valence-electron chi connectivity index (χ4n) is 2.95. The number of halogens is 2. The Morgan fingerprint density at radius 3 is 2.62 bits per heavy atom. The zero-order valence-corrected chi connectivity index (χ0v) is 11.6. The Hall–Kier alpha value is -2.01. The molecule has 2 aromatic rings. The molecule has 110 valence electrons. The van der Waals surface area contributed by atoms with Crippen molar-refractivity contribution >= 4 is 5.69 Å². The van der Waals surface area contributed by atoms with E-state index >= 15 is 0 Å². The molecule has 0 amide bonds. The van der Waals surface area contributed by atoms with Crippen LogP contribution in [0.4, 0.5) is 14.5 Å². The largest absolute Gasteiger partial charge is 0.362 e. The zero-order valence-electron chi connectivity index (χ0n) is 11.6. The molecule has 0 spiro atoms. The summed E-state index contributed by atoms with van der Waals surface area (Å²) in [4.78, 5) is 5.93. The Kier molecular flexibility index (Phi) is 3.84. The SMILES string of the molecule is NCc1ccc(N2CCCC2c2ccncc2)c(F)c1F. The molecule has 2 heterocycles. The van der Waals surface area contributed by atoms with Crippen molar-refractivity contribution in [2.45, 2.75) is 25.4 Å². The first-order valence-electron chi connectivity index (χ1n) is 7.06. The van der Waals surface area contributed by atoms with Crippen LogP contribution in [0.5, 0.6) is 0 Å². The summed E-state index contributed by atoms with van der Waals surface area (Å²) in [6.07, 6.45) is 5.32. The minimum Gasteiger partial charge on any atom is -0.362 e. The first-order chi connectivity index (χ1) is 10.2. The molecule has 1 fully saturated rings. The number of rotatable bonds is 3. The first kappa shape index (κ1) is 13.9. The lowest BCUT2D eigenvalue weighted by Crippen LogP contribution is -2.24. The van der Waals surface area contributed by atoms with E-state index in [0.717, 1.165) is 18.4 Å². The number of nitrogens with two attached hydrogens (primary N) is 1. The summed E-state index contributed by atoms with van der Waals surface area (Å²) in [5.41, 5.74) is 7.00. The predicted molar refractivity (Wildman–Crippen MR) is 77.8 cm³/mol. The summed E-state index contributed by atoms with van der Waals surface area (Å²) in [5, 5.41) is 0. The number of benzene rings is 1. The van der Waals surface area contributed by atoms with Gasteiger partial charge in [0.25, 0.3) is 0 Å². The molecule has 0 radical (unpaired) electrons. The predicted octanol–water partition coefficient (Wildman–Crippen LogP) is 3.16. The van der Waals surface area contributed by atoms with E-state index in [0.29, 0.717) is 12.2 Å². The quantitative estimate of drug-likeness (QED) is 0.943. The molecule has 1 aromatic carbocycles. The monoisotopic (exact) mass is 289 g/mol. The normalized spacial score (nSPS) is 18.2. The van der Waals surface area contributed by atoms with E-state index in [1.807, 2.05) is 17.0 Å². The zero-order chi connectivity index (χ0) is 14.8. The van der Waals surface area contributed by atoms with Crippen molar-refractivity contribution < 1.29 is 8.78 Å². The second kappa shape index (κ2) is 5.77. The number of hydrogen-bond donors (Lipinski definition) is 1. The first-order valence-corrected chi connectivity index (χ1v) is 7.06. The molecular formula is C16H17F2N3. The van der Waals surface area contributed by atoms with E-state index in [9.17, 15) is 8.78 Å². The van der Waals surface area contributed by atoms with Crippen molar-refractivity contribution in [2.24, 2.45) is 5.73 Å². The van der Waals surface area contributed by atoms with Crippen LogP contribution in [0, 0.1) is 11.6 Å². The van der Waals surface area contributed by atoms with Gasteiger partial charge in [0.1, 0.15) is 0 Å². The third-order valence-electron chi connectivity index (χ3n) is 4.01. The number of anilines is 1. The second-order valence-electron chi connectivity index (χ2n) is 5.21. The highest BCUT2D eigenvalue weighted by Gasteiger charge is 2.29. The fourth-order valence-corrected chi connectivity index (χ4v) is 2.95. The maximum absolute atomic E-state index is 14.3. The van der Waals surface area contributed by atoms with Gasteiger partial charge in [0.2, 0.25) is 0 Å². The van der Waals surface area contributed by atoms with Gasteiger partial charge in [-0.3, -0.25) is 4.98 Å². The standard InChI is InChI=1S/C16H17F2N3/c17-15-12(10-19)3-4-14(16(15)18)21-9-1-2-13(21)11-5-7-20-8-6-11/h3-8,13H,1-2,9-10,19H2. The van der Waals surface area contributed by atoms with Crippen LogP contribution in [0.15, 0.2) is 36.7 Å². The van der Waals surface area contributed by atoms with Gasteiger partial charge in [-0.25, -0.2) is 8.78 Å². The number of pyridine rings is 1. The van der Waals surface area contributed by atoms with Crippen LogP contribution in [0.25, 0.3) is 0 Å². The van der Waals surface area contributed by atoms with Gasteiger partial charge in [-0.05, 0) is 36.6 Å². The summed E-state index contributed by atoms with van der Waals surface area (Å²) >= 11 is 0. The molecule has 21 heavy (non-hydrogen) atoms. The summed E-state index contributed by atoms with van der Waals surface area (Å²) < 4.78 is 28.3. The molecule has 5 heteroatoms. The van der Waals surface area contributed by atoms with Gasteiger partial charge >= 0.3 is 0 Å². The van der Waals surface area contributed by atoms with Gasteiger partial charge in [-0.2, -0.15) is 0 Å². The maximum atomic E-state index is 14.3. The van der Waals surface area contributed by atoms with Crippen LogP contribution in [0.2, 0.25) is 0 Å². The lowest BCUT2D eigenvalue weighted by atomic mass is 10.1. The van der Waals surface area contributed by atoms with E-state index in [2.05, 4.69) is 4.98 Å². The number of hydrogen-bond acceptors (Lipinski definition) is 3. The minimum absolute atomic E-state index is 0.00316. The van der Waals surface area contributed by atoms with Crippen LogP contribution in [0.1, 0.15) is 30.0 Å². The Labute approximate surface area is 122 Å². The third-order valence-corrected chi connectivity index (χ3v) is 4.01. The van der Waals surface area contributed by atoms with Crippen LogP contribution in [-0.4, -0.2) is 11.5 Å². The average molecular weight is 289 g/mol. The fraction of sp³-hybridized carbons (Fsp3) is 0.312. The Morgan fingerprint density at radius 2 is 1.90 bits per heavy atom. The number of nitrogens with zero attached hydrogens (tertiary/aromatic N) is 2. The highest BCUT2D eigenvalue weighted by Crippen LogP contribution is 2.37. The third kappa shape index (κ3) is 2.49. The second-order valence-corrected chi connectivity index (χ2v) is 5.21. The molecule has 2 N–H and O–H groups in total. The minimum atomic E-state index is -0.838. The Balaban J connectivity index is 1.98. The van der Waals surface area contributed by atoms with Crippen LogP contribution < -0.4 is 10.6 Å². The molecular weight excluding hydrogens is 272 g/mol. The lowest BCUT2D eigenvalue weighted by molar-refractivity contribution is 0.495. The maximum Gasteiger partial charge on any atom is 0.182 e. The molecule has 0 aliphatic carbocycles. The Morgan fingerprint density at radius 1 is 1.14 bits per heavy atom.